The third-order valence-electron chi connectivity index (χ3n) is 5.05. The summed E-state index contributed by atoms with van der Waals surface area (Å²) < 4.78 is 1.75. The van der Waals surface area contributed by atoms with E-state index in [-0.39, 0.29) is 12.3 Å². The second kappa shape index (κ2) is 8.95. The van der Waals surface area contributed by atoms with Crippen molar-refractivity contribution in [3.05, 3.63) is 102 Å². The van der Waals surface area contributed by atoms with Crippen LogP contribution in [0.3, 0.4) is 0 Å². The number of hydrogen-bond acceptors (Lipinski definition) is 5. The summed E-state index contributed by atoms with van der Waals surface area (Å²) in [5.74, 6) is -0.146. The molecule has 1 N–H and O–H groups in total. The van der Waals surface area contributed by atoms with E-state index in [0.717, 1.165) is 28.2 Å². The van der Waals surface area contributed by atoms with Crippen molar-refractivity contribution in [3.8, 4) is 28.1 Å². The molecule has 0 fully saturated rings. The molecule has 2 aromatic carbocycles. The van der Waals surface area contributed by atoms with Crippen molar-refractivity contribution in [3.63, 3.8) is 0 Å². The first-order valence-corrected chi connectivity index (χ1v) is 11.0. The van der Waals surface area contributed by atoms with Crippen LogP contribution < -0.4 is 5.32 Å². The number of pyridine rings is 1. The van der Waals surface area contributed by atoms with Gasteiger partial charge in [-0.15, -0.1) is 5.10 Å². The standard InChI is InChI=1S/C25H19N5OS/c31-24(27-21-8-6-18(7-9-21)20-12-15-32-17-20)16-23-25(19-4-2-1-3-5-19)30(29-28-23)22-10-13-26-14-11-22/h1-15,17H,16H2,(H,27,31). The number of thiophene rings is 1. The minimum absolute atomic E-state index is 0.113. The van der Waals surface area contributed by atoms with Crippen molar-refractivity contribution in [1.29, 1.82) is 0 Å². The number of rotatable bonds is 6. The maximum absolute atomic E-state index is 12.8. The normalized spacial score (nSPS) is 10.8. The first kappa shape index (κ1) is 19.8. The molecular weight excluding hydrogens is 418 g/mol. The molecule has 0 radical (unpaired) electrons. The zero-order chi connectivity index (χ0) is 21.8. The molecule has 0 bridgehead atoms. The van der Waals surface area contributed by atoms with Gasteiger partial charge in [0.2, 0.25) is 5.91 Å². The van der Waals surface area contributed by atoms with Crippen LogP contribution in [0.2, 0.25) is 0 Å². The number of anilines is 1. The summed E-state index contributed by atoms with van der Waals surface area (Å²) in [7, 11) is 0. The number of hydrogen-bond donors (Lipinski definition) is 1. The molecule has 0 saturated heterocycles. The van der Waals surface area contributed by atoms with Gasteiger partial charge in [-0.2, -0.15) is 11.3 Å². The van der Waals surface area contributed by atoms with Crippen LogP contribution in [0.15, 0.2) is 96.0 Å². The minimum Gasteiger partial charge on any atom is -0.326 e. The highest BCUT2D eigenvalue weighted by Crippen LogP contribution is 2.26. The van der Waals surface area contributed by atoms with Crippen molar-refractivity contribution in [2.75, 3.05) is 5.32 Å². The van der Waals surface area contributed by atoms with Crippen LogP contribution >= 0.6 is 11.3 Å². The van der Waals surface area contributed by atoms with Gasteiger partial charge in [0, 0.05) is 23.6 Å². The quantitative estimate of drug-likeness (QED) is 0.394. The van der Waals surface area contributed by atoms with E-state index in [1.807, 2.05) is 66.7 Å². The number of carbonyl (C=O) groups is 1. The number of nitrogens with zero attached hydrogens (tertiary/aromatic N) is 4. The van der Waals surface area contributed by atoms with E-state index < -0.39 is 0 Å². The Morgan fingerprint density at radius 3 is 2.38 bits per heavy atom. The Morgan fingerprint density at radius 1 is 0.875 bits per heavy atom. The lowest BCUT2D eigenvalue weighted by atomic mass is 10.1. The molecule has 6 nitrogen and oxygen atoms in total. The summed E-state index contributed by atoms with van der Waals surface area (Å²) in [6.07, 6.45) is 3.53. The van der Waals surface area contributed by atoms with Gasteiger partial charge in [-0.05, 0) is 52.2 Å². The number of carbonyl (C=O) groups excluding carboxylic acids is 1. The Bertz CT molecular complexity index is 1310. The molecule has 1 amide bonds. The van der Waals surface area contributed by atoms with E-state index in [4.69, 9.17) is 0 Å². The zero-order valence-corrected chi connectivity index (χ0v) is 17.9. The molecule has 5 rings (SSSR count). The SMILES string of the molecule is O=C(Cc1nnn(-c2ccncc2)c1-c1ccccc1)Nc1ccc(-c2ccsc2)cc1. The fourth-order valence-electron chi connectivity index (χ4n) is 3.52. The lowest BCUT2D eigenvalue weighted by molar-refractivity contribution is -0.115. The van der Waals surface area contributed by atoms with Crippen molar-refractivity contribution in [2.24, 2.45) is 0 Å². The Hall–Kier alpha value is -4.10. The van der Waals surface area contributed by atoms with E-state index in [9.17, 15) is 4.79 Å². The van der Waals surface area contributed by atoms with E-state index >= 15 is 0 Å². The van der Waals surface area contributed by atoms with Crippen LogP contribution in [0.25, 0.3) is 28.1 Å². The molecule has 0 aliphatic rings. The fraction of sp³-hybridized carbons (Fsp3) is 0.0400. The highest BCUT2D eigenvalue weighted by atomic mass is 32.1. The van der Waals surface area contributed by atoms with Crippen LogP contribution in [-0.2, 0) is 11.2 Å². The Kier molecular flexibility index (Phi) is 5.55. The molecule has 0 spiro atoms. The molecule has 3 heterocycles. The molecule has 0 aliphatic carbocycles. The summed E-state index contributed by atoms with van der Waals surface area (Å²) in [6, 6.07) is 23.5. The van der Waals surface area contributed by atoms with Gasteiger partial charge in [-0.1, -0.05) is 47.7 Å². The Balaban J connectivity index is 1.39. The number of benzene rings is 2. The molecule has 0 aliphatic heterocycles. The molecule has 5 aromatic rings. The maximum atomic E-state index is 12.8. The van der Waals surface area contributed by atoms with Crippen molar-refractivity contribution in [2.45, 2.75) is 6.42 Å². The molecule has 0 atom stereocenters. The molecule has 0 unspecified atom stereocenters. The van der Waals surface area contributed by atoms with Gasteiger partial charge >= 0.3 is 0 Å². The van der Waals surface area contributed by atoms with Gasteiger partial charge in [0.1, 0.15) is 5.69 Å². The van der Waals surface area contributed by atoms with Crippen molar-refractivity contribution in [1.82, 2.24) is 20.0 Å². The second-order valence-electron chi connectivity index (χ2n) is 7.18. The topological polar surface area (TPSA) is 72.7 Å². The van der Waals surface area contributed by atoms with Crippen molar-refractivity contribution >= 4 is 22.9 Å². The van der Waals surface area contributed by atoms with Crippen LogP contribution in [0.4, 0.5) is 5.69 Å². The van der Waals surface area contributed by atoms with E-state index in [0.29, 0.717) is 5.69 Å². The monoisotopic (exact) mass is 437 g/mol. The van der Waals surface area contributed by atoms with Gasteiger partial charge in [0.05, 0.1) is 17.8 Å². The zero-order valence-electron chi connectivity index (χ0n) is 17.1. The fourth-order valence-corrected chi connectivity index (χ4v) is 4.18. The predicted molar refractivity (Wildman–Crippen MR) is 127 cm³/mol. The smallest absolute Gasteiger partial charge is 0.230 e. The number of nitrogens with one attached hydrogen (secondary N) is 1. The van der Waals surface area contributed by atoms with Gasteiger partial charge in [-0.25, -0.2) is 4.68 Å². The minimum atomic E-state index is -0.146. The first-order valence-electron chi connectivity index (χ1n) is 10.1. The van der Waals surface area contributed by atoms with E-state index in [2.05, 4.69) is 37.4 Å². The first-order chi connectivity index (χ1) is 15.8. The van der Waals surface area contributed by atoms with Crippen molar-refractivity contribution < 1.29 is 4.79 Å². The van der Waals surface area contributed by atoms with Crippen LogP contribution in [0.5, 0.6) is 0 Å². The molecule has 156 valence electrons. The summed E-state index contributed by atoms with van der Waals surface area (Å²) in [5, 5.41) is 15.8. The summed E-state index contributed by atoms with van der Waals surface area (Å²) in [5.41, 5.74) is 6.22. The average Bonchev–Trinajstić information content (AvgIpc) is 3.51. The van der Waals surface area contributed by atoms with Gasteiger partial charge in [0.15, 0.2) is 0 Å². The highest BCUT2D eigenvalue weighted by molar-refractivity contribution is 7.08. The maximum Gasteiger partial charge on any atom is 0.230 e. The number of amides is 1. The van der Waals surface area contributed by atoms with Gasteiger partial charge in [-0.3, -0.25) is 9.78 Å². The van der Waals surface area contributed by atoms with E-state index in [1.165, 1.54) is 5.56 Å². The van der Waals surface area contributed by atoms with Gasteiger partial charge < -0.3 is 5.32 Å². The highest BCUT2D eigenvalue weighted by Gasteiger charge is 2.19. The number of aromatic nitrogens is 4. The van der Waals surface area contributed by atoms with Crippen LogP contribution in [0, 0.1) is 0 Å². The predicted octanol–water partition coefficient (Wildman–Crippen LogP) is 5.24. The summed E-state index contributed by atoms with van der Waals surface area (Å²) in [4.78, 5) is 16.9. The molecule has 32 heavy (non-hydrogen) atoms. The summed E-state index contributed by atoms with van der Waals surface area (Å²) in [6.45, 7) is 0. The largest absolute Gasteiger partial charge is 0.326 e. The molecule has 0 saturated carbocycles. The third-order valence-corrected chi connectivity index (χ3v) is 5.73. The molecule has 3 aromatic heterocycles. The van der Waals surface area contributed by atoms with Crippen LogP contribution in [0.1, 0.15) is 5.69 Å². The molecular formula is C25H19N5OS. The third kappa shape index (κ3) is 4.19. The average molecular weight is 438 g/mol. The van der Waals surface area contributed by atoms with Gasteiger partial charge in [0.25, 0.3) is 0 Å². The lowest BCUT2D eigenvalue weighted by Crippen LogP contribution is -2.15. The van der Waals surface area contributed by atoms with Crippen LogP contribution in [-0.4, -0.2) is 25.9 Å². The summed E-state index contributed by atoms with van der Waals surface area (Å²) >= 11 is 1.66. The Morgan fingerprint density at radius 2 is 1.66 bits per heavy atom. The molecule has 7 heteroatoms. The second-order valence-corrected chi connectivity index (χ2v) is 7.96. The lowest BCUT2D eigenvalue weighted by Gasteiger charge is -2.09. The Labute approximate surface area is 189 Å². The van der Waals surface area contributed by atoms with E-state index in [1.54, 1.807) is 28.4 Å².